The van der Waals surface area contributed by atoms with Gasteiger partial charge < -0.3 is 10.5 Å². The minimum atomic E-state index is -0.182. The standard InChI is InChI=1S/C12H19NO2S/c1-2-15-12(14)10-8-6-4-3-5-7-9(8)16-11(10)13/h10-11H,2-7,13H2,1H3. The summed E-state index contributed by atoms with van der Waals surface area (Å²) in [5.74, 6) is -0.313. The summed E-state index contributed by atoms with van der Waals surface area (Å²) < 4.78 is 5.12. The van der Waals surface area contributed by atoms with Gasteiger partial charge in [-0.3, -0.25) is 4.79 Å². The molecule has 2 N–H and O–H groups in total. The third-order valence-electron chi connectivity index (χ3n) is 3.23. The normalized spacial score (nSPS) is 29.9. The van der Waals surface area contributed by atoms with Crippen LogP contribution in [0.15, 0.2) is 10.5 Å². The number of thioether (sulfide) groups is 1. The Bertz CT molecular complexity index is 314. The Morgan fingerprint density at radius 2 is 2.19 bits per heavy atom. The lowest BCUT2D eigenvalue weighted by molar-refractivity contribution is -0.146. The number of carbonyl (C=O) groups excluding carboxylic acids is 1. The van der Waals surface area contributed by atoms with Gasteiger partial charge in [0, 0.05) is 0 Å². The second-order valence-electron chi connectivity index (χ2n) is 4.32. The third kappa shape index (κ3) is 2.28. The second-order valence-corrected chi connectivity index (χ2v) is 5.59. The van der Waals surface area contributed by atoms with Gasteiger partial charge in [0.05, 0.1) is 12.0 Å². The van der Waals surface area contributed by atoms with Crippen molar-refractivity contribution < 1.29 is 9.53 Å². The fourth-order valence-corrected chi connectivity index (χ4v) is 3.86. The second kappa shape index (κ2) is 5.23. The number of hydrogen-bond acceptors (Lipinski definition) is 4. The maximum atomic E-state index is 11.9. The van der Waals surface area contributed by atoms with E-state index in [1.165, 1.54) is 29.7 Å². The van der Waals surface area contributed by atoms with Gasteiger partial charge in [-0.25, -0.2) is 0 Å². The molecule has 2 rings (SSSR count). The number of hydrogen-bond donors (Lipinski definition) is 1. The first-order valence-electron chi connectivity index (χ1n) is 6.04. The predicted molar refractivity (Wildman–Crippen MR) is 65.8 cm³/mol. The summed E-state index contributed by atoms with van der Waals surface area (Å²) in [6.45, 7) is 2.28. The van der Waals surface area contributed by atoms with Crippen LogP contribution < -0.4 is 5.73 Å². The van der Waals surface area contributed by atoms with Gasteiger partial charge in [-0.15, -0.1) is 11.8 Å². The summed E-state index contributed by atoms with van der Waals surface area (Å²) in [4.78, 5) is 13.2. The molecular formula is C12H19NO2S. The Balaban J connectivity index is 2.16. The summed E-state index contributed by atoms with van der Waals surface area (Å²) in [6, 6.07) is 0. The molecule has 2 atom stereocenters. The molecule has 2 unspecified atom stereocenters. The number of ether oxygens (including phenoxy) is 1. The molecule has 0 saturated heterocycles. The van der Waals surface area contributed by atoms with Crippen molar-refractivity contribution in [1.29, 1.82) is 0 Å². The molecule has 16 heavy (non-hydrogen) atoms. The zero-order chi connectivity index (χ0) is 11.5. The van der Waals surface area contributed by atoms with E-state index in [1.807, 2.05) is 6.92 Å². The SMILES string of the molecule is CCOC(=O)C1C2=C(CCCCC2)SC1N. The van der Waals surface area contributed by atoms with Crippen molar-refractivity contribution in [3.63, 3.8) is 0 Å². The van der Waals surface area contributed by atoms with Crippen molar-refractivity contribution in [2.24, 2.45) is 11.7 Å². The van der Waals surface area contributed by atoms with E-state index in [2.05, 4.69) is 0 Å². The fourth-order valence-electron chi connectivity index (χ4n) is 2.48. The lowest BCUT2D eigenvalue weighted by Crippen LogP contribution is -2.32. The van der Waals surface area contributed by atoms with Crippen LogP contribution in [0.2, 0.25) is 0 Å². The van der Waals surface area contributed by atoms with E-state index in [4.69, 9.17) is 10.5 Å². The van der Waals surface area contributed by atoms with Crippen molar-refractivity contribution in [1.82, 2.24) is 0 Å². The molecule has 0 bridgehead atoms. The molecule has 0 fully saturated rings. The average molecular weight is 241 g/mol. The zero-order valence-corrected chi connectivity index (χ0v) is 10.5. The van der Waals surface area contributed by atoms with E-state index in [1.54, 1.807) is 11.8 Å². The van der Waals surface area contributed by atoms with E-state index >= 15 is 0 Å². The summed E-state index contributed by atoms with van der Waals surface area (Å²) >= 11 is 1.68. The van der Waals surface area contributed by atoms with Gasteiger partial charge in [-0.05, 0) is 43.1 Å². The molecule has 0 aromatic rings. The molecule has 3 nitrogen and oxygen atoms in total. The van der Waals surface area contributed by atoms with Crippen LogP contribution in [-0.4, -0.2) is 18.0 Å². The van der Waals surface area contributed by atoms with Gasteiger partial charge in [0.2, 0.25) is 0 Å². The topological polar surface area (TPSA) is 52.3 Å². The lowest BCUT2D eigenvalue weighted by atomic mass is 9.95. The molecule has 0 spiro atoms. The predicted octanol–water partition coefficient (Wildman–Crippen LogP) is 2.42. The summed E-state index contributed by atoms with van der Waals surface area (Å²) in [7, 11) is 0. The van der Waals surface area contributed by atoms with E-state index in [0.29, 0.717) is 6.61 Å². The number of nitrogens with two attached hydrogens (primary N) is 1. The Hall–Kier alpha value is -0.480. The molecule has 1 aliphatic carbocycles. The fraction of sp³-hybridized carbons (Fsp3) is 0.750. The summed E-state index contributed by atoms with van der Waals surface area (Å²) in [5.41, 5.74) is 7.31. The van der Waals surface area contributed by atoms with Crippen molar-refractivity contribution in [2.45, 2.75) is 44.4 Å². The monoisotopic (exact) mass is 241 g/mol. The van der Waals surface area contributed by atoms with Gasteiger partial charge in [0.1, 0.15) is 5.92 Å². The van der Waals surface area contributed by atoms with Crippen LogP contribution in [0.3, 0.4) is 0 Å². The van der Waals surface area contributed by atoms with Crippen molar-refractivity contribution in [2.75, 3.05) is 6.61 Å². The molecule has 0 saturated carbocycles. The minimum Gasteiger partial charge on any atom is -0.465 e. The largest absolute Gasteiger partial charge is 0.465 e. The molecule has 0 amide bonds. The minimum absolute atomic E-state index is 0.123. The number of rotatable bonds is 2. The van der Waals surface area contributed by atoms with Gasteiger partial charge in [0.25, 0.3) is 0 Å². The van der Waals surface area contributed by atoms with Crippen LogP contribution in [0.25, 0.3) is 0 Å². The van der Waals surface area contributed by atoms with Crippen LogP contribution in [-0.2, 0) is 9.53 Å². The van der Waals surface area contributed by atoms with Gasteiger partial charge in [-0.1, -0.05) is 6.42 Å². The maximum absolute atomic E-state index is 11.9. The van der Waals surface area contributed by atoms with Crippen molar-refractivity contribution >= 4 is 17.7 Å². The molecule has 90 valence electrons. The van der Waals surface area contributed by atoms with Gasteiger partial charge in [-0.2, -0.15) is 0 Å². The molecular weight excluding hydrogens is 222 g/mol. The average Bonchev–Trinajstić information content (AvgIpc) is 2.43. The molecule has 0 aromatic heterocycles. The highest BCUT2D eigenvalue weighted by Gasteiger charge is 2.39. The van der Waals surface area contributed by atoms with E-state index in [9.17, 15) is 4.79 Å². The van der Waals surface area contributed by atoms with Crippen LogP contribution >= 0.6 is 11.8 Å². The smallest absolute Gasteiger partial charge is 0.315 e. The quantitative estimate of drug-likeness (QED) is 0.754. The zero-order valence-electron chi connectivity index (χ0n) is 9.70. The summed E-state index contributed by atoms with van der Waals surface area (Å²) in [5, 5.41) is -0.123. The van der Waals surface area contributed by atoms with Crippen LogP contribution in [0.1, 0.15) is 39.0 Å². The van der Waals surface area contributed by atoms with E-state index in [-0.39, 0.29) is 17.3 Å². The van der Waals surface area contributed by atoms with Crippen molar-refractivity contribution in [3.05, 3.63) is 10.5 Å². The number of allylic oxidation sites excluding steroid dienone is 1. The van der Waals surface area contributed by atoms with Gasteiger partial charge in [0.15, 0.2) is 0 Å². The van der Waals surface area contributed by atoms with Crippen molar-refractivity contribution in [3.8, 4) is 0 Å². The first kappa shape index (κ1) is 12.0. The lowest BCUT2D eigenvalue weighted by Gasteiger charge is -2.16. The Morgan fingerprint density at radius 3 is 2.94 bits per heavy atom. The first-order chi connectivity index (χ1) is 7.74. The Morgan fingerprint density at radius 1 is 1.44 bits per heavy atom. The molecule has 2 aliphatic rings. The van der Waals surface area contributed by atoms with E-state index < -0.39 is 0 Å². The molecule has 1 aliphatic heterocycles. The molecule has 1 heterocycles. The molecule has 4 heteroatoms. The Kier molecular flexibility index (Phi) is 3.92. The number of esters is 1. The van der Waals surface area contributed by atoms with Gasteiger partial charge >= 0.3 is 5.97 Å². The highest BCUT2D eigenvalue weighted by molar-refractivity contribution is 8.03. The summed E-state index contributed by atoms with van der Waals surface area (Å²) in [6.07, 6.45) is 5.80. The van der Waals surface area contributed by atoms with Crippen LogP contribution in [0.5, 0.6) is 0 Å². The van der Waals surface area contributed by atoms with Crippen LogP contribution in [0, 0.1) is 5.92 Å². The molecule has 0 radical (unpaired) electrons. The number of carbonyl (C=O) groups is 1. The van der Waals surface area contributed by atoms with Crippen LogP contribution in [0.4, 0.5) is 0 Å². The Labute approximate surface area is 101 Å². The first-order valence-corrected chi connectivity index (χ1v) is 6.92. The molecule has 0 aromatic carbocycles. The van der Waals surface area contributed by atoms with E-state index in [0.717, 1.165) is 12.8 Å². The highest BCUT2D eigenvalue weighted by Crippen LogP contribution is 2.46. The maximum Gasteiger partial charge on any atom is 0.315 e. The highest BCUT2D eigenvalue weighted by atomic mass is 32.2. The third-order valence-corrected chi connectivity index (χ3v) is 4.53.